The normalized spacial score (nSPS) is 10.9. The summed E-state index contributed by atoms with van der Waals surface area (Å²) < 4.78 is 0. The fraction of sp³-hybridized carbons (Fsp3) is 0.316. The molecule has 0 radical (unpaired) electrons. The number of nitro benzene ring substituents is 1. The van der Waals surface area contributed by atoms with Crippen molar-refractivity contribution in [2.75, 3.05) is 18.0 Å². The first-order valence-corrected chi connectivity index (χ1v) is 8.48. The summed E-state index contributed by atoms with van der Waals surface area (Å²) in [4.78, 5) is 24.2. The Labute approximate surface area is 152 Å². The van der Waals surface area contributed by atoms with Crippen LogP contribution in [0.2, 0.25) is 0 Å². The van der Waals surface area contributed by atoms with Crippen molar-refractivity contribution in [2.45, 2.75) is 27.2 Å². The van der Waals surface area contributed by atoms with Crippen LogP contribution in [0.4, 0.5) is 22.7 Å². The highest BCUT2D eigenvalue weighted by molar-refractivity contribution is 5.79. The molecule has 0 saturated heterocycles. The lowest BCUT2D eigenvalue weighted by Gasteiger charge is -2.20. The van der Waals surface area contributed by atoms with Gasteiger partial charge in [0.25, 0.3) is 5.69 Å². The van der Waals surface area contributed by atoms with Gasteiger partial charge in [0.2, 0.25) is 0 Å². The first-order valence-electron chi connectivity index (χ1n) is 8.48. The van der Waals surface area contributed by atoms with Gasteiger partial charge in [0.05, 0.1) is 16.3 Å². The second-order valence-corrected chi connectivity index (χ2v) is 5.84. The predicted octanol–water partition coefficient (Wildman–Crippen LogP) is 4.99. The van der Waals surface area contributed by atoms with E-state index in [0.717, 1.165) is 18.8 Å². The number of benzene rings is 2. The minimum Gasteiger partial charge on any atom is -0.372 e. The van der Waals surface area contributed by atoms with Gasteiger partial charge in [-0.05, 0) is 57.2 Å². The fourth-order valence-corrected chi connectivity index (χ4v) is 2.64. The smallest absolute Gasteiger partial charge is 0.275 e. The van der Waals surface area contributed by atoms with Gasteiger partial charge in [-0.3, -0.25) is 14.9 Å². The van der Waals surface area contributed by atoms with Crippen LogP contribution >= 0.6 is 0 Å². The highest BCUT2D eigenvalue weighted by Crippen LogP contribution is 2.27. The van der Waals surface area contributed by atoms with Crippen molar-refractivity contribution in [3.63, 3.8) is 0 Å². The van der Waals surface area contributed by atoms with Gasteiger partial charge < -0.3 is 4.90 Å². The molecule has 7 heteroatoms. The summed E-state index contributed by atoms with van der Waals surface area (Å²) in [5.41, 5.74) is 2.41. The van der Waals surface area contributed by atoms with Crippen LogP contribution in [0.15, 0.2) is 52.7 Å². The van der Waals surface area contributed by atoms with Crippen molar-refractivity contribution in [3.05, 3.63) is 58.1 Å². The molecule has 0 spiro atoms. The second kappa shape index (κ2) is 8.84. The maximum Gasteiger partial charge on any atom is 0.275 e. The molecule has 0 aliphatic carbocycles. The molecule has 0 aromatic heterocycles. The van der Waals surface area contributed by atoms with Crippen molar-refractivity contribution in [3.8, 4) is 0 Å². The summed E-state index contributed by atoms with van der Waals surface area (Å²) in [6, 6.07) is 12.2. The van der Waals surface area contributed by atoms with Crippen LogP contribution in [0.3, 0.4) is 0 Å². The molecule has 0 heterocycles. The van der Waals surface area contributed by atoms with Gasteiger partial charge in [-0.2, -0.15) is 10.2 Å². The Balaban J connectivity index is 2.20. The van der Waals surface area contributed by atoms with Gasteiger partial charge in [-0.1, -0.05) is 0 Å². The third-order valence-electron chi connectivity index (χ3n) is 3.96. The van der Waals surface area contributed by atoms with Gasteiger partial charge in [0.1, 0.15) is 5.78 Å². The lowest BCUT2D eigenvalue weighted by Crippen LogP contribution is -2.21. The van der Waals surface area contributed by atoms with E-state index in [1.807, 2.05) is 24.3 Å². The zero-order chi connectivity index (χ0) is 19.1. The molecule has 0 atom stereocenters. The van der Waals surface area contributed by atoms with Crippen molar-refractivity contribution in [2.24, 2.45) is 10.2 Å². The van der Waals surface area contributed by atoms with E-state index in [1.54, 1.807) is 12.1 Å². The van der Waals surface area contributed by atoms with E-state index in [1.165, 1.54) is 13.0 Å². The summed E-state index contributed by atoms with van der Waals surface area (Å²) in [7, 11) is 0. The molecule has 7 nitrogen and oxygen atoms in total. The number of nitro groups is 1. The van der Waals surface area contributed by atoms with Crippen LogP contribution in [0.1, 0.15) is 26.3 Å². The second-order valence-electron chi connectivity index (χ2n) is 5.84. The maximum atomic E-state index is 11.2. The third-order valence-corrected chi connectivity index (χ3v) is 3.96. The maximum absolute atomic E-state index is 11.2. The number of Topliss-reactive ketones (excluding diaryl/α,β-unsaturated/α-hetero) is 1. The number of ketones is 1. The third kappa shape index (κ3) is 4.95. The highest BCUT2D eigenvalue weighted by Gasteiger charge is 2.15. The monoisotopic (exact) mass is 354 g/mol. The first-order chi connectivity index (χ1) is 12.4. The van der Waals surface area contributed by atoms with Crippen molar-refractivity contribution in [1.29, 1.82) is 0 Å². The molecule has 0 unspecified atom stereocenters. The van der Waals surface area contributed by atoms with E-state index >= 15 is 0 Å². The van der Waals surface area contributed by atoms with Gasteiger partial charge in [0.15, 0.2) is 0 Å². The molecule has 0 bridgehead atoms. The van der Waals surface area contributed by atoms with Crippen LogP contribution in [0, 0.1) is 10.1 Å². The van der Waals surface area contributed by atoms with Crippen molar-refractivity contribution in [1.82, 2.24) is 0 Å². The molecule has 0 aliphatic rings. The summed E-state index contributed by atoms with van der Waals surface area (Å²) >= 11 is 0. The molecular formula is C19H22N4O3. The molecule has 0 aliphatic heterocycles. The average molecular weight is 354 g/mol. The summed E-state index contributed by atoms with van der Waals surface area (Å²) in [6.45, 7) is 7.44. The van der Waals surface area contributed by atoms with Crippen LogP contribution in [0.25, 0.3) is 0 Å². The number of hydrogen-bond acceptors (Lipinski definition) is 6. The summed E-state index contributed by atoms with van der Waals surface area (Å²) in [6.07, 6.45) is 0.0283. The number of anilines is 1. The molecule has 26 heavy (non-hydrogen) atoms. The Morgan fingerprint density at radius 1 is 1.04 bits per heavy atom. The number of carbonyl (C=O) groups is 1. The number of hydrogen-bond donors (Lipinski definition) is 0. The Bertz CT molecular complexity index is 812. The van der Waals surface area contributed by atoms with Crippen LogP contribution in [-0.4, -0.2) is 23.8 Å². The molecule has 0 saturated carbocycles. The lowest BCUT2D eigenvalue weighted by atomic mass is 10.1. The molecule has 0 amide bonds. The Hall–Kier alpha value is -3.09. The van der Waals surface area contributed by atoms with Crippen LogP contribution in [0.5, 0.6) is 0 Å². The zero-order valence-electron chi connectivity index (χ0n) is 15.2. The Morgan fingerprint density at radius 2 is 1.62 bits per heavy atom. The molecule has 2 aromatic carbocycles. The first kappa shape index (κ1) is 19.2. The molecule has 0 N–H and O–H groups in total. The zero-order valence-corrected chi connectivity index (χ0v) is 15.2. The Kier molecular flexibility index (Phi) is 6.54. The van der Waals surface area contributed by atoms with E-state index in [4.69, 9.17) is 0 Å². The molecule has 2 rings (SSSR count). The molecular weight excluding hydrogens is 332 g/mol. The van der Waals surface area contributed by atoms with Gasteiger partial charge in [-0.15, -0.1) is 0 Å². The minimum atomic E-state index is -0.504. The van der Waals surface area contributed by atoms with Crippen molar-refractivity contribution >= 4 is 28.5 Å². The molecule has 2 aromatic rings. The Morgan fingerprint density at radius 3 is 2.15 bits per heavy atom. The number of rotatable bonds is 8. The van der Waals surface area contributed by atoms with Gasteiger partial charge in [-0.25, -0.2) is 0 Å². The fourth-order valence-electron chi connectivity index (χ4n) is 2.64. The summed E-state index contributed by atoms with van der Waals surface area (Å²) in [5, 5.41) is 19.4. The van der Waals surface area contributed by atoms with Gasteiger partial charge in [0, 0.05) is 36.8 Å². The molecule has 0 fully saturated rings. The van der Waals surface area contributed by atoms with Crippen LogP contribution in [-0.2, 0) is 11.2 Å². The largest absolute Gasteiger partial charge is 0.372 e. The lowest BCUT2D eigenvalue weighted by molar-refractivity contribution is -0.385. The number of carbonyl (C=O) groups excluding carboxylic acids is 1. The number of nitrogens with zero attached hydrogens (tertiary/aromatic N) is 4. The van der Waals surface area contributed by atoms with E-state index in [9.17, 15) is 14.9 Å². The van der Waals surface area contributed by atoms with E-state index in [-0.39, 0.29) is 17.9 Å². The van der Waals surface area contributed by atoms with Crippen molar-refractivity contribution < 1.29 is 9.72 Å². The molecule has 136 valence electrons. The SMILES string of the molecule is CCN(CC)c1ccc(N=Nc2ccc(CC(C)=O)c([N+](=O)[O-])c2)cc1. The van der Waals surface area contributed by atoms with Crippen LogP contribution < -0.4 is 4.90 Å². The van der Waals surface area contributed by atoms with E-state index in [2.05, 4.69) is 29.0 Å². The minimum absolute atomic E-state index is 0.0283. The highest BCUT2D eigenvalue weighted by atomic mass is 16.6. The summed E-state index contributed by atoms with van der Waals surface area (Å²) in [5.74, 6) is -0.129. The standard InChI is InChI=1S/C19H22N4O3/c1-4-22(5-2)18-10-8-16(9-11-18)20-21-17-7-6-15(12-14(3)24)19(13-17)23(25)26/h6-11,13H,4-5,12H2,1-3H3. The predicted molar refractivity (Wildman–Crippen MR) is 102 cm³/mol. The topological polar surface area (TPSA) is 88.2 Å². The van der Waals surface area contributed by atoms with E-state index < -0.39 is 4.92 Å². The van der Waals surface area contributed by atoms with Gasteiger partial charge >= 0.3 is 0 Å². The van der Waals surface area contributed by atoms with E-state index in [0.29, 0.717) is 16.9 Å². The average Bonchev–Trinajstić information content (AvgIpc) is 2.62. The quantitative estimate of drug-likeness (QED) is 0.379. The number of azo groups is 1.